The second-order valence-electron chi connectivity index (χ2n) is 3.97. The van der Waals surface area contributed by atoms with Crippen molar-refractivity contribution < 1.29 is 14.7 Å². The minimum absolute atomic E-state index is 0.0567. The number of β-amino-alcohol motifs (C(OH)–C–C–N with tert-alkyl or cyclic N) is 1. The summed E-state index contributed by atoms with van der Waals surface area (Å²) in [7, 11) is 0. The van der Waals surface area contributed by atoms with E-state index >= 15 is 0 Å². The van der Waals surface area contributed by atoms with Gasteiger partial charge in [0.1, 0.15) is 0 Å². The summed E-state index contributed by atoms with van der Waals surface area (Å²) in [6.07, 6.45) is 0.829. The number of likely N-dealkylation sites (tertiary alicyclic amines) is 1. The van der Waals surface area contributed by atoms with E-state index in [4.69, 9.17) is 5.73 Å². The van der Waals surface area contributed by atoms with Gasteiger partial charge in [0.25, 0.3) is 0 Å². The Labute approximate surface area is 81.9 Å². The van der Waals surface area contributed by atoms with Crippen LogP contribution < -0.4 is 5.73 Å². The van der Waals surface area contributed by atoms with Gasteiger partial charge in [-0.3, -0.25) is 14.5 Å². The Hall–Kier alpha value is -0.940. The van der Waals surface area contributed by atoms with Crippen LogP contribution in [0.1, 0.15) is 12.8 Å². The third-order valence-corrected chi connectivity index (χ3v) is 3.11. The monoisotopic (exact) mass is 198 g/mol. The second-order valence-corrected chi connectivity index (χ2v) is 3.97. The van der Waals surface area contributed by atoms with Crippen LogP contribution in [0.5, 0.6) is 0 Å². The molecule has 0 aromatic rings. The third kappa shape index (κ3) is 1.24. The van der Waals surface area contributed by atoms with E-state index in [-0.39, 0.29) is 36.7 Å². The largest absolute Gasteiger partial charge is 0.390 e. The predicted octanol–water partition coefficient (Wildman–Crippen LogP) is -1.30. The zero-order valence-corrected chi connectivity index (χ0v) is 7.85. The minimum atomic E-state index is -0.791. The molecule has 0 radical (unpaired) electrons. The van der Waals surface area contributed by atoms with Gasteiger partial charge in [-0.2, -0.15) is 0 Å². The van der Waals surface area contributed by atoms with Crippen molar-refractivity contribution in [3.05, 3.63) is 0 Å². The van der Waals surface area contributed by atoms with Gasteiger partial charge in [-0.1, -0.05) is 0 Å². The van der Waals surface area contributed by atoms with E-state index in [1.165, 1.54) is 4.90 Å². The maximum Gasteiger partial charge on any atom is 0.233 e. The van der Waals surface area contributed by atoms with Gasteiger partial charge in [-0.15, -0.1) is 0 Å². The normalized spacial score (nSPS) is 32.9. The number of carbonyl (C=O) groups is 2. The Bertz CT molecular complexity index is 257. The van der Waals surface area contributed by atoms with Gasteiger partial charge in [0.2, 0.25) is 11.8 Å². The van der Waals surface area contributed by atoms with E-state index in [0.29, 0.717) is 0 Å². The molecule has 0 aromatic carbocycles. The number of carbonyl (C=O) groups excluding carboxylic acids is 2. The average Bonchev–Trinajstić information content (AvgIpc) is 2.24. The van der Waals surface area contributed by atoms with Crippen molar-refractivity contribution in [3.63, 3.8) is 0 Å². The van der Waals surface area contributed by atoms with Crippen molar-refractivity contribution in [1.29, 1.82) is 0 Å². The van der Waals surface area contributed by atoms with E-state index in [9.17, 15) is 14.7 Å². The van der Waals surface area contributed by atoms with Crippen LogP contribution in [0, 0.1) is 11.8 Å². The van der Waals surface area contributed by atoms with Crippen LogP contribution in [0.25, 0.3) is 0 Å². The molecule has 1 heterocycles. The fraction of sp³-hybridized carbons (Fsp3) is 0.778. The lowest BCUT2D eigenvalue weighted by Gasteiger charge is -2.24. The summed E-state index contributed by atoms with van der Waals surface area (Å²) >= 11 is 0. The molecule has 1 aliphatic carbocycles. The lowest BCUT2D eigenvalue weighted by molar-refractivity contribution is -0.140. The Morgan fingerprint density at radius 3 is 2.21 bits per heavy atom. The number of aliphatic hydroxyl groups is 1. The topological polar surface area (TPSA) is 83.6 Å². The van der Waals surface area contributed by atoms with Gasteiger partial charge < -0.3 is 10.8 Å². The molecule has 5 nitrogen and oxygen atoms in total. The molecule has 0 aromatic heterocycles. The molecule has 78 valence electrons. The zero-order valence-electron chi connectivity index (χ0n) is 7.85. The first-order chi connectivity index (χ1) is 6.65. The Morgan fingerprint density at radius 2 is 1.86 bits per heavy atom. The number of amides is 2. The Balaban J connectivity index is 2.04. The third-order valence-electron chi connectivity index (χ3n) is 3.11. The fourth-order valence-electron chi connectivity index (χ4n) is 2.07. The highest BCUT2D eigenvalue weighted by Gasteiger charge is 2.52. The molecule has 1 aliphatic heterocycles. The first-order valence-corrected chi connectivity index (χ1v) is 4.88. The van der Waals surface area contributed by atoms with Crippen LogP contribution in [-0.4, -0.2) is 41.0 Å². The summed E-state index contributed by atoms with van der Waals surface area (Å²) in [5.41, 5.74) is 5.23. The summed E-state index contributed by atoms with van der Waals surface area (Å²) < 4.78 is 0. The maximum absolute atomic E-state index is 11.6. The van der Waals surface area contributed by atoms with Crippen molar-refractivity contribution in [3.8, 4) is 0 Å². The molecule has 1 saturated heterocycles. The molecule has 2 aliphatic rings. The zero-order chi connectivity index (χ0) is 10.3. The minimum Gasteiger partial charge on any atom is -0.390 e. The lowest BCUT2D eigenvalue weighted by atomic mass is 9.76. The number of nitrogens with zero attached hydrogens (tertiary/aromatic N) is 1. The highest BCUT2D eigenvalue weighted by atomic mass is 16.3. The SMILES string of the molecule is NCC(O)CN1C(=O)[C@H]2CC[C@H]2C1=O. The summed E-state index contributed by atoms with van der Waals surface area (Å²) in [5.74, 6) is -0.461. The van der Waals surface area contributed by atoms with Crippen LogP contribution in [0.3, 0.4) is 0 Å². The van der Waals surface area contributed by atoms with Gasteiger partial charge in [-0.05, 0) is 12.8 Å². The summed E-state index contributed by atoms with van der Waals surface area (Å²) in [6, 6.07) is 0. The van der Waals surface area contributed by atoms with Crippen LogP contribution >= 0.6 is 0 Å². The molecule has 2 amide bonds. The highest BCUT2D eigenvalue weighted by Crippen LogP contribution is 2.42. The highest BCUT2D eigenvalue weighted by molar-refractivity contribution is 6.06. The molecule has 3 N–H and O–H groups in total. The van der Waals surface area contributed by atoms with Crippen LogP contribution in [0.15, 0.2) is 0 Å². The van der Waals surface area contributed by atoms with Crippen molar-refractivity contribution >= 4 is 11.8 Å². The molecule has 14 heavy (non-hydrogen) atoms. The number of nitrogens with two attached hydrogens (primary N) is 1. The number of hydrogen-bond donors (Lipinski definition) is 2. The van der Waals surface area contributed by atoms with Crippen molar-refractivity contribution in [1.82, 2.24) is 4.90 Å². The number of fused-ring (bicyclic) bond motifs is 1. The number of hydrogen-bond acceptors (Lipinski definition) is 4. The number of imide groups is 1. The van der Waals surface area contributed by atoms with Crippen LogP contribution in [0.4, 0.5) is 0 Å². The second kappa shape index (κ2) is 3.33. The van der Waals surface area contributed by atoms with Gasteiger partial charge in [0.05, 0.1) is 24.5 Å². The molecule has 0 spiro atoms. The van der Waals surface area contributed by atoms with Gasteiger partial charge in [0, 0.05) is 6.54 Å². The van der Waals surface area contributed by atoms with E-state index in [0.717, 1.165) is 12.8 Å². The van der Waals surface area contributed by atoms with Crippen molar-refractivity contribution in [2.75, 3.05) is 13.1 Å². The van der Waals surface area contributed by atoms with Crippen molar-refractivity contribution in [2.45, 2.75) is 18.9 Å². The molecule has 1 saturated carbocycles. The lowest BCUT2D eigenvalue weighted by Crippen LogP contribution is -2.40. The van der Waals surface area contributed by atoms with Crippen LogP contribution in [0.2, 0.25) is 0 Å². The summed E-state index contributed by atoms with van der Waals surface area (Å²) in [6.45, 7) is 0.133. The summed E-state index contributed by atoms with van der Waals surface area (Å²) in [5, 5.41) is 9.28. The van der Waals surface area contributed by atoms with E-state index in [1.807, 2.05) is 0 Å². The molecule has 5 heteroatoms. The smallest absolute Gasteiger partial charge is 0.233 e. The first kappa shape index (κ1) is 9.61. The standard InChI is InChI=1S/C9H14N2O3/c10-3-5(12)4-11-8(13)6-1-2-7(6)9(11)14/h5-7,12H,1-4,10H2/t5?,6-,7+. The molecule has 1 unspecified atom stereocenters. The van der Waals surface area contributed by atoms with E-state index in [1.54, 1.807) is 0 Å². The number of aliphatic hydroxyl groups excluding tert-OH is 1. The van der Waals surface area contributed by atoms with Gasteiger partial charge in [-0.25, -0.2) is 0 Å². The molecule has 2 fully saturated rings. The molecule has 0 bridgehead atoms. The average molecular weight is 198 g/mol. The fourth-order valence-corrected chi connectivity index (χ4v) is 2.07. The van der Waals surface area contributed by atoms with Crippen LogP contribution in [-0.2, 0) is 9.59 Å². The Morgan fingerprint density at radius 1 is 1.36 bits per heavy atom. The first-order valence-electron chi connectivity index (χ1n) is 4.88. The summed E-state index contributed by atoms with van der Waals surface area (Å²) in [4.78, 5) is 24.3. The molecular weight excluding hydrogens is 184 g/mol. The van der Waals surface area contributed by atoms with Crippen molar-refractivity contribution in [2.24, 2.45) is 17.6 Å². The van der Waals surface area contributed by atoms with E-state index in [2.05, 4.69) is 0 Å². The predicted molar refractivity (Wildman–Crippen MR) is 48.0 cm³/mol. The Kier molecular flexibility index (Phi) is 2.28. The quantitative estimate of drug-likeness (QED) is 0.552. The number of rotatable bonds is 3. The maximum atomic E-state index is 11.6. The van der Waals surface area contributed by atoms with E-state index < -0.39 is 6.10 Å². The molecule has 3 atom stereocenters. The van der Waals surface area contributed by atoms with Gasteiger partial charge >= 0.3 is 0 Å². The van der Waals surface area contributed by atoms with Gasteiger partial charge in [0.15, 0.2) is 0 Å². The molecule has 2 rings (SSSR count). The molecular formula is C9H14N2O3.